The van der Waals surface area contributed by atoms with Crippen LogP contribution in [0.2, 0.25) is 0 Å². The Morgan fingerprint density at radius 1 is 1.03 bits per heavy atom. The minimum absolute atomic E-state index is 0.140. The van der Waals surface area contributed by atoms with E-state index >= 15 is 0 Å². The quantitative estimate of drug-likeness (QED) is 0.580. The molecule has 184 valence electrons. The molecule has 1 aromatic heterocycles. The minimum Gasteiger partial charge on any atom is -0.390 e. The van der Waals surface area contributed by atoms with Crippen LogP contribution in [0.5, 0.6) is 0 Å². The molecule has 4 nitrogen and oxygen atoms in total. The summed E-state index contributed by atoms with van der Waals surface area (Å²) in [5.74, 6) is 3.43. The molecule has 4 aliphatic carbocycles. The van der Waals surface area contributed by atoms with Gasteiger partial charge in [-0.25, -0.2) is 0 Å². The molecular formula is C30H42N2O2. The summed E-state index contributed by atoms with van der Waals surface area (Å²) < 4.78 is 1.93. The molecule has 0 bridgehead atoms. The molecule has 4 fully saturated rings. The van der Waals surface area contributed by atoms with Gasteiger partial charge in [0, 0.05) is 11.3 Å². The van der Waals surface area contributed by atoms with E-state index < -0.39 is 5.60 Å². The van der Waals surface area contributed by atoms with Crippen molar-refractivity contribution in [1.82, 2.24) is 9.78 Å². The molecule has 4 saturated carbocycles. The first-order valence-corrected chi connectivity index (χ1v) is 13.8. The third-order valence-corrected chi connectivity index (χ3v) is 11.4. The van der Waals surface area contributed by atoms with Crippen LogP contribution in [0.4, 0.5) is 0 Å². The van der Waals surface area contributed by atoms with Crippen LogP contribution in [0.3, 0.4) is 0 Å². The molecule has 6 rings (SSSR count). The number of hydrogen-bond acceptors (Lipinski definition) is 3. The van der Waals surface area contributed by atoms with E-state index in [0.29, 0.717) is 29.6 Å². The lowest BCUT2D eigenvalue weighted by Gasteiger charge is -2.61. The molecular weight excluding hydrogens is 420 g/mol. The van der Waals surface area contributed by atoms with E-state index in [2.05, 4.69) is 44.1 Å². The van der Waals surface area contributed by atoms with Gasteiger partial charge in [-0.05, 0) is 118 Å². The van der Waals surface area contributed by atoms with Crippen molar-refractivity contribution in [1.29, 1.82) is 0 Å². The number of carbonyl (C=O) groups is 1. The van der Waals surface area contributed by atoms with Crippen molar-refractivity contribution in [3.05, 3.63) is 30.0 Å². The maximum absolute atomic E-state index is 13.7. The highest BCUT2D eigenvalue weighted by Gasteiger charge is 2.61. The van der Waals surface area contributed by atoms with Gasteiger partial charge in [-0.1, -0.05) is 25.5 Å². The number of rotatable bonds is 3. The number of hydrogen-bond donors (Lipinski definition) is 1. The molecule has 34 heavy (non-hydrogen) atoms. The average molecular weight is 463 g/mol. The van der Waals surface area contributed by atoms with E-state index in [4.69, 9.17) is 0 Å². The van der Waals surface area contributed by atoms with Crippen LogP contribution in [-0.4, -0.2) is 26.3 Å². The Morgan fingerprint density at radius 2 is 1.82 bits per heavy atom. The summed E-state index contributed by atoms with van der Waals surface area (Å²) in [5.41, 5.74) is 2.34. The Bertz CT molecular complexity index is 1120. The van der Waals surface area contributed by atoms with Gasteiger partial charge >= 0.3 is 0 Å². The standard InChI is InChI=1S/C30H42N2O2/c1-19-5-10-26-20(15-19)17-31-32(26)18-27(33)25-9-8-23-22-7-6-21-16-28(2,34)13-14-29(21,3)24(22)11-12-30(23,25)4/h5,10,15,17,21-25,34H,6-9,11-14,16,18H2,1-4H3/t21-,22-,23-,24-,25+,28+,29-,30-/m0/s1. The van der Waals surface area contributed by atoms with Gasteiger partial charge in [-0.15, -0.1) is 0 Å². The van der Waals surface area contributed by atoms with Gasteiger partial charge in [0.2, 0.25) is 0 Å². The first-order valence-electron chi connectivity index (χ1n) is 13.8. The Kier molecular flexibility index (Phi) is 5.13. The van der Waals surface area contributed by atoms with E-state index in [1.165, 1.54) is 44.1 Å². The second-order valence-corrected chi connectivity index (χ2v) is 13.4. The molecule has 1 aromatic carbocycles. The van der Waals surface area contributed by atoms with E-state index in [0.717, 1.165) is 42.0 Å². The first kappa shape index (κ1) is 22.8. The smallest absolute Gasteiger partial charge is 0.157 e. The van der Waals surface area contributed by atoms with Crippen LogP contribution < -0.4 is 0 Å². The number of nitrogens with zero attached hydrogens (tertiary/aromatic N) is 2. The molecule has 1 N–H and O–H groups in total. The predicted molar refractivity (Wildman–Crippen MR) is 135 cm³/mol. The highest BCUT2D eigenvalue weighted by atomic mass is 16.3. The van der Waals surface area contributed by atoms with Gasteiger partial charge < -0.3 is 5.11 Å². The Hall–Kier alpha value is -1.68. The highest BCUT2D eigenvalue weighted by molar-refractivity contribution is 5.85. The molecule has 0 saturated heterocycles. The molecule has 0 amide bonds. The second-order valence-electron chi connectivity index (χ2n) is 13.4. The van der Waals surface area contributed by atoms with Crippen LogP contribution >= 0.6 is 0 Å². The molecule has 0 unspecified atom stereocenters. The summed E-state index contributed by atoms with van der Waals surface area (Å²) in [4.78, 5) is 13.7. The fourth-order valence-corrected chi connectivity index (χ4v) is 9.55. The van der Waals surface area contributed by atoms with E-state index in [1.807, 2.05) is 17.8 Å². The number of ketones is 1. The van der Waals surface area contributed by atoms with Gasteiger partial charge in [-0.2, -0.15) is 5.10 Å². The second kappa shape index (κ2) is 7.66. The first-order chi connectivity index (χ1) is 16.1. The maximum atomic E-state index is 13.7. The zero-order valence-electron chi connectivity index (χ0n) is 21.5. The fraction of sp³-hybridized carbons (Fsp3) is 0.733. The topological polar surface area (TPSA) is 55.1 Å². The molecule has 0 aliphatic heterocycles. The monoisotopic (exact) mass is 462 g/mol. The highest BCUT2D eigenvalue weighted by Crippen LogP contribution is 2.68. The summed E-state index contributed by atoms with van der Waals surface area (Å²) >= 11 is 0. The largest absolute Gasteiger partial charge is 0.390 e. The number of fused-ring (bicyclic) bond motifs is 6. The lowest BCUT2D eigenvalue weighted by molar-refractivity contribution is -0.151. The van der Waals surface area contributed by atoms with Gasteiger partial charge in [0.15, 0.2) is 5.78 Å². The Balaban J connectivity index is 1.21. The van der Waals surface area contributed by atoms with Crippen molar-refractivity contribution in [2.45, 2.75) is 97.6 Å². The zero-order valence-corrected chi connectivity index (χ0v) is 21.5. The van der Waals surface area contributed by atoms with Crippen molar-refractivity contribution in [2.24, 2.45) is 40.4 Å². The van der Waals surface area contributed by atoms with Crippen molar-refractivity contribution in [2.75, 3.05) is 0 Å². The van der Waals surface area contributed by atoms with Crippen molar-refractivity contribution in [3.8, 4) is 0 Å². The van der Waals surface area contributed by atoms with Crippen molar-refractivity contribution >= 4 is 16.7 Å². The molecule has 2 aromatic rings. The number of benzene rings is 1. The molecule has 1 heterocycles. The molecule has 4 heteroatoms. The number of carbonyl (C=O) groups excluding carboxylic acids is 1. The third kappa shape index (κ3) is 3.34. The van der Waals surface area contributed by atoms with Crippen LogP contribution in [-0.2, 0) is 11.3 Å². The number of aromatic nitrogens is 2. The molecule has 0 radical (unpaired) electrons. The Labute approximate surface area is 204 Å². The van der Waals surface area contributed by atoms with Crippen LogP contribution in [0.1, 0.15) is 84.1 Å². The zero-order chi connectivity index (χ0) is 23.9. The molecule has 0 spiro atoms. The van der Waals surface area contributed by atoms with E-state index in [1.54, 1.807) is 0 Å². The summed E-state index contributed by atoms with van der Waals surface area (Å²) in [6.45, 7) is 9.56. The summed E-state index contributed by atoms with van der Waals surface area (Å²) in [7, 11) is 0. The SMILES string of the molecule is Cc1ccc2c(cnn2CC(=O)[C@H]2CC[C@H]3[C@@H]4CC[C@H]5C[C@](C)(O)CC[C@]5(C)[C@H]4CC[C@]23C)c1. The van der Waals surface area contributed by atoms with Crippen LogP contribution in [0, 0.1) is 47.3 Å². The number of aryl methyl sites for hydroxylation is 1. The summed E-state index contributed by atoms with van der Waals surface area (Å²) in [6, 6.07) is 6.37. The Morgan fingerprint density at radius 3 is 2.65 bits per heavy atom. The van der Waals surface area contributed by atoms with Gasteiger partial charge in [0.05, 0.1) is 17.3 Å². The fourth-order valence-electron chi connectivity index (χ4n) is 9.55. The molecule has 8 atom stereocenters. The summed E-state index contributed by atoms with van der Waals surface area (Å²) in [5, 5.41) is 16.5. The van der Waals surface area contributed by atoms with Gasteiger partial charge in [0.1, 0.15) is 6.54 Å². The normalized spacial score (nSPS) is 43.9. The van der Waals surface area contributed by atoms with Crippen molar-refractivity contribution in [3.63, 3.8) is 0 Å². The van der Waals surface area contributed by atoms with Gasteiger partial charge in [0.25, 0.3) is 0 Å². The lowest BCUT2D eigenvalue weighted by atomic mass is 9.44. The maximum Gasteiger partial charge on any atom is 0.157 e. The van der Waals surface area contributed by atoms with Crippen LogP contribution in [0.15, 0.2) is 24.4 Å². The lowest BCUT2D eigenvalue weighted by Crippen LogP contribution is -2.55. The summed E-state index contributed by atoms with van der Waals surface area (Å²) in [6.07, 6.45) is 12.3. The number of Topliss-reactive ketones (excluding diaryl/α,β-unsaturated/α-hetero) is 1. The van der Waals surface area contributed by atoms with E-state index in [9.17, 15) is 9.90 Å². The predicted octanol–water partition coefficient (Wildman–Crippen LogP) is 6.32. The van der Waals surface area contributed by atoms with Crippen LogP contribution in [0.25, 0.3) is 10.9 Å². The van der Waals surface area contributed by atoms with E-state index in [-0.39, 0.29) is 11.3 Å². The van der Waals surface area contributed by atoms with Crippen molar-refractivity contribution < 1.29 is 9.90 Å². The number of aliphatic hydroxyl groups is 1. The molecule has 4 aliphatic rings. The third-order valence-electron chi connectivity index (χ3n) is 11.4. The minimum atomic E-state index is -0.472. The van der Waals surface area contributed by atoms with Gasteiger partial charge in [-0.3, -0.25) is 9.48 Å². The average Bonchev–Trinajstić information content (AvgIpc) is 3.34.